The molecule has 1 atom stereocenters. The first kappa shape index (κ1) is 18.7. The van der Waals surface area contributed by atoms with Gasteiger partial charge in [-0.05, 0) is 39.0 Å². The number of halogens is 1. The summed E-state index contributed by atoms with van der Waals surface area (Å²) in [5.74, 6) is -1.30. The maximum absolute atomic E-state index is 13.4. The number of esters is 1. The number of amides is 1. The van der Waals surface area contributed by atoms with E-state index in [1.807, 2.05) is 0 Å². The van der Waals surface area contributed by atoms with Gasteiger partial charge in [0.05, 0.1) is 5.69 Å². The Labute approximate surface area is 158 Å². The Bertz CT molecular complexity index is 863. The van der Waals surface area contributed by atoms with E-state index < -0.39 is 17.5 Å². The van der Waals surface area contributed by atoms with Crippen LogP contribution < -0.4 is 10.2 Å². The van der Waals surface area contributed by atoms with Crippen LogP contribution in [0.5, 0.6) is 0 Å². The minimum Gasteiger partial charge on any atom is -0.455 e. The average molecular weight is 395 g/mol. The van der Waals surface area contributed by atoms with Crippen LogP contribution in [0.1, 0.15) is 41.1 Å². The Kier molecular flexibility index (Phi) is 4.94. The lowest BCUT2D eigenvalue weighted by molar-refractivity contribution is 0.00691. The molecule has 9 heteroatoms. The highest BCUT2D eigenvalue weighted by Crippen LogP contribution is 2.41. The van der Waals surface area contributed by atoms with Crippen molar-refractivity contribution in [2.75, 3.05) is 11.9 Å². The summed E-state index contributed by atoms with van der Waals surface area (Å²) >= 11 is 2.47. The van der Waals surface area contributed by atoms with Crippen LogP contribution in [-0.2, 0) is 4.74 Å². The molecule has 1 amide bonds. The van der Waals surface area contributed by atoms with Crippen LogP contribution in [0.2, 0.25) is 0 Å². The van der Waals surface area contributed by atoms with Gasteiger partial charge in [0.1, 0.15) is 17.1 Å². The van der Waals surface area contributed by atoms with E-state index in [4.69, 9.17) is 4.74 Å². The molecule has 1 aliphatic heterocycles. The van der Waals surface area contributed by atoms with Crippen molar-refractivity contribution < 1.29 is 18.7 Å². The standard InChI is InChI=1S/C17H18FN3O3S2/c1-17(2,3)24-15(23)14-19-10(8-25-14)13(22)20-16-21(4)11-7-9(18)5-6-12(11)26-16/h5-8,16H,1-4H3,(H,20,22). The number of benzene rings is 1. The van der Waals surface area contributed by atoms with Gasteiger partial charge in [-0.25, -0.2) is 14.2 Å². The summed E-state index contributed by atoms with van der Waals surface area (Å²) in [6.07, 6.45) is 0. The molecule has 1 aromatic heterocycles. The number of thioether (sulfide) groups is 1. The smallest absolute Gasteiger partial charge is 0.367 e. The summed E-state index contributed by atoms with van der Waals surface area (Å²) in [7, 11) is 1.77. The molecule has 3 rings (SSSR count). The molecule has 0 spiro atoms. The molecule has 0 bridgehead atoms. The van der Waals surface area contributed by atoms with Crippen LogP contribution in [0, 0.1) is 5.82 Å². The number of rotatable bonds is 3. The van der Waals surface area contributed by atoms with Crippen LogP contribution in [0.15, 0.2) is 28.5 Å². The van der Waals surface area contributed by atoms with Crippen molar-refractivity contribution in [2.24, 2.45) is 0 Å². The molecule has 138 valence electrons. The summed E-state index contributed by atoms with van der Waals surface area (Å²) in [6.45, 7) is 5.29. The van der Waals surface area contributed by atoms with Gasteiger partial charge < -0.3 is 15.0 Å². The molecule has 1 aliphatic rings. The molecule has 26 heavy (non-hydrogen) atoms. The van der Waals surface area contributed by atoms with Gasteiger partial charge in [0.15, 0.2) is 5.50 Å². The van der Waals surface area contributed by atoms with E-state index in [1.54, 1.807) is 38.8 Å². The highest BCUT2D eigenvalue weighted by Gasteiger charge is 2.30. The van der Waals surface area contributed by atoms with Crippen molar-refractivity contribution in [1.29, 1.82) is 0 Å². The fraction of sp³-hybridized carbons (Fsp3) is 0.353. The number of thiazole rings is 1. The molecule has 0 saturated heterocycles. The number of ether oxygens (including phenoxy) is 1. The topological polar surface area (TPSA) is 71.5 Å². The lowest BCUT2D eigenvalue weighted by Crippen LogP contribution is -2.42. The number of carbonyl (C=O) groups is 2. The van der Waals surface area contributed by atoms with E-state index in [0.717, 1.165) is 16.2 Å². The molecule has 0 aliphatic carbocycles. The third kappa shape index (κ3) is 3.99. The number of nitrogens with one attached hydrogen (secondary N) is 1. The second kappa shape index (κ2) is 6.88. The second-order valence-electron chi connectivity index (χ2n) is 6.71. The predicted octanol–water partition coefficient (Wildman–Crippen LogP) is 3.49. The lowest BCUT2D eigenvalue weighted by Gasteiger charge is -2.22. The number of fused-ring (bicyclic) bond motifs is 1. The van der Waals surface area contributed by atoms with Gasteiger partial charge in [-0.2, -0.15) is 0 Å². The molecule has 2 aromatic rings. The largest absolute Gasteiger partial charge is 0.455 e. The van der Waals surface area contributed by atoms with Gasteiger partial charge in [0.25, 0.3) is 5.91 Å². The number of nitrogens with zero attached hydrogens (tertiary/aromatic N) is 2. The highest BCUT2D eigenvalue weighted by molar-refractivity contribution is 8.00. The second-order valence-corrected chi connectivity index (χ2v) is 8.69. The van der Waals surface area contributed by atoms with Crippen LogP contribution in [0.3, 0.4) is 0 Å². The molecule has 0 saturated carbocycles. The van der Waals surface area contributed by atoms with Crippen LogP contribution in [0.25, 0.3) is 0 Å². The first-order chi connectivity index (χ1) is 12.1. The van der Waals surface area contributed by atoms with E-state index in [9.17, 15) is 14.0 Å². The van der Waals surface area contributed by atoms with Crippen molar-refractivity contribution >= 4 is 40.7 Å². The third-order valence-electron chi connectivity index (χ3n) is 3.46. The SMILES string of the molecule is CN1c2cc(F)ccc2SC1NC(=O)c1csc(C(=O)OC(C)(C)C)n1. The van der Waals surface area contributed by atoms with Gasteiger partial charge in [-0.3, -0.25) is 4.79 Å². The maximum atomic E-state index is 13.4. The van der Waals surface area contributed by atoms with Crippen molar-refractivity contribution in [1.82, 2.24) is 10.3 Å². The van der Waals surface area contributed by atoms with E-state index in [1.165, 1.54) is 29.3 Å². The Balaban J connectivity index is 1.67. The molecule has 2 heterocycles. The Morgan fingerprint density at radius 2 is 2.08 bits per heavy atom. The van der Waals surface area contributed by atoms with Gasteiger partial charge in [-0.1, -0.05) is 11.8 Å². The van der Waals surface area contributed by atoms with Crippen molar-refractivity contribution in [2.45, 2.75) is 36.8 Å². The van der Waals surface area contributed by atoms with E-state index in [0.29, 0.717) is 5.69 Å². The van der Waals surface area contributed by atoms with Crippen LogP contribution in [0.4, 0.5) is 10.1 Å². The molecule has 0 fully saturated rings. The van der Waals surface area contributed by atoms with Gasteiger partial charge in [-0.15, -0.1) is 11.3 Å². The summed E-state index contributed by atoms with van der Waals surface area (Å²) in [6, 6.07) is 4.50. The minimum absolute atomic E-state index is 0.128. The Morgan fingerprint density at radius 1 is 1.35 bits per heavy atom. The number of anilines is 1. The molecule has 6 nitrogen and oxygen atoms in total. The van der Waals surface area contributed by atoms with Gasteiger partial charge in [0, 0.05) is 17.3 Å². The van der Waals surface area contributed by atoms with Crippen LogP contribution in [-0.4, -0.2) is 35.0 Å². The zero-order valence-corrected chi connectivity index (χ0v) is 16.3. The molecule has 0 radical (unpaired) electrons. The average Bonchev–Trinajstić information content (AvgIpc) is 3.13. The minimum atomic E-state index is -0.630. The van der Waals surface area contributed by atoms with E-state index >= 15 is 0 Å². The fourth-order valence-corrected chi connectivity index (χ4v) is 4.12. The summed E-state index contributed by atoms with van der Waals surface area (Å²) in [5.41, 5.74) is -0.152. The van der Waals surface area contributed by atoms with E-state index in [2.05, 4.69) is 10.3 Å². The van der Waals surface area contributed by atoms with Crippen molar-refractivity contribution in [3.8, 4) is 0 Å². The monoisotopic (exact) mass is 395 g/mol. The Hall–Kier alpha value is -2.13. The molecule has 1 unspecified atom stereocenters. The third-order valence-corrected chi connectivity index (χ3v) is 5.54. The zero-order chi connectivity index (χ0) is 19.1. The quantitative estimate of drug-likeness (QED) is 0.802. The van der Waals surface area contributed by atoms with Crippen molar-refractivity contribution in [3.05, 3.63) is 40.1 Å². The van der Waals surface area contributed by atoms with Crippen LogP contribution >= 0.6 is 23.1 Å². The number of carbonyl (C=O) groups excluding carboxylic acids is 2. The normalized spacial score (nSPS) is 16.3. The highest BCUT2D eigenvalue weighted by atomic mass is 32.2. The fourth-order valence-electron chi connectivity index (χ4n) is 2.30. The molecule has 1 aromatic carbocycles. The lowest BCUT2D eigenvalue weighted by atomic mass is 10.2. The Morgan fingerprint density at radius 3 is 2.77 bits per heavy atom. The summed E-state index contributed by atoms with van der Waals surface area (Å²) in [4.78, 5) is 31.2. The number of hydrogen-bond donors (Lipinski definition) is 1. The predicted molar refractivity (Wildman–Crippen MR) is 99.2 cm³/mol. The van der Waals surface area contributed by atoms with Gasteiger partial charge in [0.2, 0.25) is 5.01 Å². The maximum Gasteiger partial charge on any atom is 0.367 e. The first-order valence-corrected chi connectivity index (χ1v) is 9.59. The summed E-state index contributed by atoms with van der Waals surface area (Å²) in [5, 5.41) is 4.47. The molecular weight excluding hydrogens is 377 g/mol. The number of hydrogen-bond acceptors (Lipinski definition) is 7. The first-order valence-electron chi connectivity index (χ1n) is 7.83. The molecule has 1 N–H and O–H groups in total. The van der Waals surface area contributed by atoms with E-state index in [-0.39, 0.29) is 22.0 Å². The number of aromatic nitrogens is 1. The molecular formula is C17H18FN3O3S2. The van der Waals surface area contributed by atoms with Crippen molar-refractivity contribution in [3.63, 3.8) is 0 Å². The zero-order valence-electron chi connectivity index (χ0n) is 14.7. The van der Waals surface area contributed by atoms with Gasteiger partial charge >= 0.3 is 5.97 Å². The summed E-state index contributed by atoms with van der Waals surface area (Å²) < 4.78 is 18.7.